The van der Waals surface area contributed by atoms with Crippen molar-refractivity contribution in [3.05, 3.63) is 29.8 Å². The predicted octanol–water partition coefficient (Wildman–Crippen LogP) is 2.71. The largest absolute Gasteiger partial charge is 0.396 e. The molecule has 0 aliphatic heterocycles. The highest BCUT2D eigenvalue weighted by atomic mass is 32.2. The van der Waals surface area contributed by atoms with E-state index in [4.69, 9.17) is 5.11 Å². The molecule has 1 rings (SSSR count). The first kappa shape index (κ1) is 18.1. The highest BCUT2D eigenvalue weighted by molar-refractivity contribution is 7.89. The van der Waals surface area contributed by atoms with Crippen molar-refractivity contribution in [1.29, 1.82) is 0 Å². The minimum atomic E-state index is -3.45. The van der Waals surface area contributed by atoms with Crippen LogP contribution in [-0.4, -0.2) is 26.2 Å². The topological polar surface area (TPSA) is 66.4 Å². The summed E-state index contributed by atoms with van der Waals surface area (Å²) >= 11 is 0. The highest BCUT2D eigenvalue weighted by Crippen LogP contribution is 2.14. The van der Waals surface area contributed by atoms with E-state index in [9.17, 15) is 8.42 Å². The fourth-order valence-corrected chi connectivity index (χ4v) is 3.47. The van der Waals surface area contributed by atoms with E-state index in [1.165, 1.54) is 0 Å². The molecule has 0 heterocycles. The molecule has 4 nitrogen and oxygen atoms in total. The van der Waals surface area contributed by atoms with Gasteiger partial charge in [-0.2, -0.15) is 0 Å². The van der Waals surface area contributed by atoms with Gasteiger partial charge in [0.05, 0.1) is 4.90 Å². The number of aliphatic hydroxyl groups excluding tert-OH is 1. The lowest BCUT2D eigenvalue weighted by atomic mass is 10.0. The summed E-state index contributed by atoms with van der Waals surface area (Å²) in [5.74, 6) is 0.646. The van der Waals surface area contributed by atoms with E-state index < -0.39 is 10.0 Å². The van der Waals surface area contributed by atoms with Gasteiger partial charge in [-0.3, -0.25) is 0 Å². The second kappa shape index (κ2) is 8.51. The first-order valence-corrected chi connectivity index (χ1v) is 9.05. The fourth-order valence-electron chi connectivity index (χ4n) is 2.19. The molecule has 1 unspecified atom stereocenters. The second-order valence-corrected chi connectivity index (χ2v) is 7.68. The van der Waals surface area contributed by atoms with E-state index in [0.29, 0.717) is 12.3 Å². The number of rotatable bonds is 9. The Bertz CT molecular complexity index is 509. The van der Waals surface area contributed by atoms with Gasteiger partial charge in [0.25, 0.3) is 0 Å². The van der Waals surface area contributed by atoms with E-state index in [1.54, 1.807) is 24.3 Å². The molecule has 0 radical (unpaired) electrons. The molecule has 0 aromatic heterocycles. The van der Waals surface area contributed by atoms with Gasteiger partial charge in [-0.05, 0) is 43.4 Å². The third-order valence-corrected chi connectivity index (χ3v) is 5.01. The smallest absolute Gasteiger partial charge is 0.240 e. The maximum atomic E-state index is 12.2. The Kier molecular flexibility index (Phi) is 7.35. The van der Waals surface area contributed by atoms with Gasteiger partial charge in [0, 0.05) is 12.6 Å². The third-order valence-electron chi connectivity index (χ3n) is 3.41. The Balaban J connectivity index is 2.59. The number of nitrogens with one attached hydrogen (secondary N) is 1. The molecule has 1 aromatic rings. The summed E-state index contributed by atoms with van der Waals surface area (Å²) < 4.78 is 27.2. The average Bonchev–Trinajstić information content (AvgIpc) is 2.38. The van der Waals surface area contributed by atoms with Gasteiger partial charge in [0.1, 0.15) is 0 Å². The molecular formula is C16H27NO3S. The van der Waals surface area contributed by atoms with Crippen LogP contribution in [0.5, 0.6) is 0 Å². The molecule has 0 saturated heterocycles. The molecule has 0 aliphatic rings. The van der Waals surface area contributed by atoms with Gasteiger partial charge >= 0.3 is 0 Å². The SMILES string of the molecule is CC(C)CCCC(C)NS(=O)(=O)c1ccc(CCO)cc1. The van der Waals surface area contributed by atoms with E-state index >= 15 is 0 Å². The van der Waals surface area contributed by atoms with Gasteiger partial charge in [0.15, 0.2) is 0 Å². The molecular weight excluding hydrogens is 286 g/mol. The lowest BCUT2D eigenvalue weighted by Crippen LogP contribution is -2.32. The van der Waals surface area contributed by atoms with Crippen LogP contribution in [0.15, 0.2) is 29.2 Å². The summed E-state index contributed by atoms with van der Waals surface area (Å²) in [7, 11) is -3.45. The summed E-state index contributed by atoms with van der Waals surface area (Å²) in [5, 5.41) is 8.86. The first-order chi connectivity index (χ1) is 9.85. The number of aliphatic hydroxyl groups is 1. The van der Waals surface area contributed by atoms with Crippen LogP contribution in [0.25, 0.3) is 0 Å². The van der Waals surface area contributed by atoms with E-state index in [1.807, 2.05) is 6.92 Å². The van der Waals surface area contributed by atoms with Crippen LogP contribution in [0.4, 0.5) is 0 Å². The van der Waals surface area contributed by atoms with Crippen LogP contribution in [0.2, 0.25) is 0 Å². The minimum Gasteiger partial charge on any atom is -0.396 e. The summed E-state index contributed by atoms with van der Waals surface area (Å²) in [6, 6.07) is 6.61. The molecule has 2 N–H and O–H groups in total. The van der Waals surface area contributed by atoms with Crippen LogP contribution in [-0.2, 0) is 16.4 Å². The standard InChI is InChI=1S/C16H27NO3S/c1-13(2)5-4-6-14(3)17-21(19,20)16-9-7-15(8-10-16)11-12-18/h7-10,13-14,17-18H,4-6,11-12H2,1-3H3. The lowest BCUT2D eigenvalue weighted by molar-refractivity contribution is 0.299. The van der Waals surface area contributed by atoms with Gasteiger partial charge in [-0.25, -0.2) is 13.1 Å². The van der Waals surface area contributed by atoms with Crippen molar-refractivity contribution in [2.24, 2.45) is 5.92 Å². The molecule has 0 bridgehead atoms. The van der Waals surface area contributed by atoms with Crippen molar-refractivity contribution in [3.8, 4) is 0 Å². The maximum absolute atomic E-state index is 12.2. The third kappa shape index (κ3) is 6.59. The summed E-state index contributed by atoms with van der Waals surface area (Å²) in [4.78, 5) is 0.278. The van der Waals surface area contributed by atoms with Crippen molar-refractivity contribution in [3.63, 3.8) is 0 Å². The van der Waals surface area contributed by atoms with Crippen molar-refractivity contribution in [1.82, 2.24) is 4.72 Å². The molecule has 120 valence electrons. The summed E-state index contributed by atoms with van der Waals surface area (Å²) in [5.41, 5.74) is 0.932. The molecule has 0 fully saturated rings. The Hall–Kier alpha value is -0.910. The van der Waals surface area contributed by atoms with Crippen molar-refractivity contribution in [2.45, 2.75) is 57.4 Å². The zero-order valence-electron chi connectivity index (χ0n) is 13.2. The number of sulfonamides is 1. The van der Waals surface area contributed by atoms with E-state index in [-0.39, 0.29) is 17.5 Å². The second-order valence-electron chi connectivity index (χ2n) is 5.96. The lowest BCUT2D eigenvalue weighted by Gasteiger charge is -2.15. The zero-order chi connectivity index (χ0) is 15.9. The van der Waals surface area contributed by atoms with Crippen molar-refractivity contribution in [2.75, 3.05) is 6.61 Å². The van der Waals surface area contributed by atoms with Crippen LogP contribution in [0.3, 0.4) is 0 Å². The minimum absolute atomic E-state index is 0.0640. The average molecular weight is 313 g/mol. The normalized spacial score (nSPS) is 13.6. The molecule has 0 saturated carbocycles. The van der Waals surface area contributed by atoms with Gasteiger partial charge in [-0.15, -0.1) is 0 Å². The monoisotopic (exact) mass is 313 g/mol. The maximum Gasteiger partial charge on any atom is 0.240 e. The quantitative estimate of drug-likeness (QED) is 0.736. The molecule has 1 aromatic carbocycles. The number of hydrogen-bond donors (Lipinski definition) is 2. The van der Waals surface area contributed by atoms with Crippen LogP contribution < -0.4 is 4.72 Å². The zero-order valence-corrected chi connectivity index (χ0v) is 14.0. The number of hydrogen-bond acceptors (Lipinski definition) is 3. The molecule has 21 heavy (non-hydrogen) atoms. The van der Waals surface area contributed by atoms with Gasteiger partial charge < -0.3 is 5.11 Å². The molecule has 1 atom stereocenters. The Labute approximate surface area is 128 Å². The van der Waals surface area contributed by atoms with Crippen molar-refractivity contribution < 1.29 is 13.5 Å². The summed E-state index contributed by atoms with van der Waals surface area (Å²) in [6.07, 6.45) is 3.53. The molecule has 0 aliphatic carbocycles. The van der Waals surface area contributed by atoms with Gasteiger partial charge in [-0.1, -0.05) is 38.8 Å². The van der Waals surface area contributed by atoms with E-state index in [2.05, 4.69) is 18.6 Å². The fraction of sp³-hybridized carbons (Fsp3) is 0.625. The number of benzene rings is 1. The summed E-state index contributed by atoms with van der Waals surface area (Å²) in [6.45, 7) is 6.31. The molecule has 0 amide bonds. The van der Waals surface area contributed by atoms with Crippen LogP contribution in [0, 0.1) is 5.92 Å². The van der Waals surface area contributed by atoms with Crippen molar-refractivity contribution >= 4 is 10.0 Å². The van der Waals surface area contributed by atoms with Crippen LogP contribution in [0.1, 0.15) is 45.6 Å². The Morgan fingerprint density at radius 2 is 1.71 bits per heavy atom. The predicted molar refractivity (Wildman–Crippen MR) is 85.7 cm³/mol. The Morgan fingerprint density at radius 3 is 2.24 bits per heavy atom. The first-order valence-electron chi connectivity index (χ1n) is 7.57. The van der Waals surface area contributed by atoms with Gasteiger partial charge in [0.2, 0.25) is 10.0 Å². The molecule has 0 spiro atoms. The molecule has 5 heteroatoms. The van der Waals surface area contributed by atoms with E-state index in [0.717, 1.165) is 24.8 Å². The Morgan fingerprint density at radius 1 is 1.10 bits per heavy atom. The van der Waals surface area contributed by atoms with Crippen LogP contribution >= 0.6 is 0 Å². The highest BCUT2D eigenvalue weighted by Gasteiger charge is 2.17.